The van der Waals surface area contributed by atoms with Gasteiger partial charge in [0, 0.05) is 5.56 Å². The molecule has 0 fully saturated rings. The van der Waals surface area contributed by atoms with E-state index in [0.717, 1.165) is 12.1 Å². The second-order valence-corrected chi connectivity index (χ2v) is 9.52. The molecular weight excluding hydrogens is 475 g/mol. The minimum atomic E-state index is -4.68. The Hall–Kier alpha value is -3.47. The summed E-state index contributed by atoms with van der Waals surface area (Å²) in [5.74, 6) is -1.33. The molecule has 0 aliphatic rings. The number of hydrogen-bond donors (Lipinski definition) is 2. The van der Waals surface area contributed by atoms with Gasteiger partial charge in [0.05, 0.1) is 23.1 Å². The number of carbonyl (C=O) groups is 1. The minimum Gasteiger partial charge on any atom is -0.487 e. The molecule has 0 saturated carbocycles. The molecule has 3 rings (SSSR count). The topological polar surface area (TPSA) is 106 Å². The Balaban J connectivity index is 1.91. The van der Waals surface area contributed by atoms with Crippen LogP contribution in [0.25, 0.3) is 0 Å². The number of benzene rings is 2. The largest absolute Gasteiger partial charge is 0.487 e. The first-order valence-corrected chi connectivity index (χ1v) is 11.6. The van der Waals surface area contributed by atoms with E-state index in [1.165, 1.54) is 36.6 Å². The number of alkyl halides is 3. The maximum Gasteiger partial charge on any atom is 0.416 e. The summed E-state index contributed by atoms with van der Waals surface area (Å²) < 4.78 is 78.6. The van der Waals surface area contributed by atoms with Crippen LogP contribution in [0.3, 0.4) is 0 Å². The fraction of sp³-hybridized carbons (Fsp3) is 0.261. The molecule has 0 amide bonds. The predicted octanol–water partition coefficient (Wildman–Crippen LogP) is 5.57. The molecule has 1 heterocycles. The van der Waals surface area contributed by atoms with E-state index in [4.69, 9.17) is 14.3 Å². The molecule has 0 atom stereocenters. The predicted molar refractivity (Wildman–Crippen MR) is 117 cm³/mol. The van der Waals surface area contributed by atoms with Crippen LogP contribution >= 0.6 is 0 Å². The lowest BCUT2D eigenvalue weighted by atomic mass is 10.1. The van der Waals surface area contributed by atoms with Crippen molar-refractivity contribution in [3.8, 4) is 5.75 Å². The van der Waals surface area contributed by atoms with E-state index in [1.54, 1.807) is 0 Å². The molecule has 0 bridgehead atoms. The van der Waals surface area contributed by atoms with Crippen LogP contribution in [0.1, 0.15) is 40.9 Å². The molecule has 3 aromatic rings. The van der Waals surface area contributed by atoms with Crippen molar-refractivity contribution < 1.29 is 40.6 Å². The van der Waals surface area contributed by atoms with Gasteiger partial charge in [-0.05, 0) is 54.3 Å². The second-order valence-electron chi connectivity index (χ2n) is 7.94. The third kappa shape index (κ3) is 6.10. The normalized spacial score (nSPS) is 12.1. The molecule has 34 heavy (non-hydrogen) atoms. The van der Waals surface area contributed by atoms with Crippen molar-refractivity contribution in [1.29, 1.82) is 0 Å². The number of halogens is 3. The molecule has 0 radical (unpaired) electrons. The highest BCUT2D eigenvalue weighted by Crippen LogP contribution is 2.36. The first-order valence-electron chi connectivity index (χ1n) is 10.1. The molecule has 11 heteroatoms. The summed E-state index contributed by atoms with van der Waals surface area (Å²) in [4.78, 5) is 11.0. The van der Waals surface area contributed by atoms with Crippen LogP contribution < -0.4 is 9.46 Å². The number of aromatic carboxylic acids is 1. The summed E-state index contributed by atoms with van der Waals surface area (Å²) in [6.07, 6.45) is -3.02. The third-order valence-electron chi connectivity index (χ3n) is 4.73. The lowest BCUT2D eigenvalue weighted by Gasteiger charge is -2.16. The molecule has 2 aromatic carbocycles. The highest BCUT2D eigenvalue weighted by molar-refractivity contribution is 7.92. The van der Waals surface area contributed by atoms with Gasteiger partial charge in [0.25, 0.3) is 10.0 Å². The highest BCUT2D eigenvalue weighted by atomic mass is 32.2. The number of ether oxygens (including phenoxy) is 1. The Morgan fingerprint density at radius 3 is 2.38 bits per heavy atom. The van der Waals surface area contributed by atoms with Crippen molar-refractivity contribution in [1.82, 2.24) is 0 Å². The van der Waals surface area contributed by atoms with E-state index in [1.807, 2.05) is 13.8 Å². The molecule has 0 unspecified atom stereocenters. The zero-order chi connectivity index (χ0) is 25.1. The van der Waals surface area contributed by atoms with Gasteiger partial charge in [0.15, 0.2) is 0 Å². The molecule has 0 spiro atoms. The van der Waals surface area contributed by atoms with Gasteiger partial charge in [-0.1, -0.05) is 26.0 Å². The highest BCUT2D eigenvalue weighted by Gasteiger charge is 2.32. The number of hydrogen-bond acceptors (Lipinski definition) is 5. The average molecular weight is 497 g/mol. The third-order valence-corrected chi connectivity index (χ3v) is 6.06. The average Bonchev–Trinajstić information content (AvgIpc) is 3.20. The summed E-state index contributed by atoms with van der Waals surface area (Å²) in [6, 6.07) is 9.47. The summed E-state index contributed by atoms with van der Waals surface area (Å²) in [5.41, 5.74) is -0.281. The molecular formula is C23H22F3NO6S. The van der Waals surface area contributed by atoms with Crippen molar-refractivity contribution in [3.05, 3.63) is 77.0 Å². The van der Waals surface area contributed by atoms with E-state index in [0.29, 0.717) is 23.6 Å². The summed E-state index contributed by atoms with van der Waals surface area (Å²) in [6.45, 7) is 3.58. The fourth-order valence-electron chi connectivity index (χ4n) is 3.15. The van der Waals surface area contributed by atoms with Gasteiger partial charge in [-0.25, -0.2) is 4.79 Å². The molecule has 182 valence electrons. The smallest absolute Gasteiger partial charge is 0.416 e. The maximum absolute atomic E-state index is 13.3. The first kappa shape index (κ1) is 25.2. The Labute approximate surface area is 194 Å². The van der Waals surface area contributed by atoms with Gasteiger partial charge < -0.3 is 14.3 Å². The standard InChI is InChI=1S/C23H22F3NO6S/c1-14(2)11-17-9-10-32-22(17)34(30,31)27-19-8-7-18(23(24,25)26)12-20(19)33-13-15-3-5-16(6-4-15)21(28)29/h3-10,12,14,27H,11,13H2,1-2H3,(H,28,29). The van der Waals surface area contributed by atoms with Gasteiger partial charge in [-0.15, -0.1) is 0 Å². The number of sulfonamides is 1. The Morgan fingerprint density at radius 2 is 1.79 bits per heavy atom. The van der Waals surface area contributed by atoms with Crippen molar-refractivity contribution in [2.24, 2.45) is 5.92 Å². The second kappa shape index (κ2) is 9.80. The van der Waals surface area contributed by atoms with Gasteiger partial charge in [0.2, 0.25) is 5.09 Å². The monoisotopic (exact) mass is 497 g/mol. The Morgan fingerprint density at radius 1 is 1.12 bits per heavy atom. The zero-order valence-corrected chi connectivity index (χ0v) is 19.0. The number of anilines is 1. The van der Waals surface area contributed by atoms with Crippen molar-refractivity contribution in [3.63, 3.8) is 0 Å². The summed E-state index contributed by atoms with van der Waals surface area (Å²) >= 11 is 0. The SMILES string of the molecule is CC(C)Cc1ccoc1S(=O)(=O)Nc1ccc(C(F)(F)F)cc1OCc1ccc(C(=O)O)cc1. The Kier molecular flexibility index (Phi) is 7.25. The van der Waals surface area contributed by atoms with Crippen molar-refractivity contribution in [2.45, 2.75) is 38.1 Å². The maximum atomic E-state index is 13.3. The van der Waals surface area contributed by atoms with Gasteiger partial charge >= 0.3 is 12.1 Å². The van der Waals surface area contributed by atoms with Crippen LogP contribution in [0.2, 0.25) is 0 Å². The number of rotatable bonds is 9. The van der Waals surface area contributed by atoms with Crippen LogP contribution in [0.4, 0.5) is 18.9 Å². The van der Waals surface area contributed by atoms with Crippen LogP contribution in [-0.4, -0.2) is 19.5 Å². The number of carboxylic acids is 1. The van der Waals surface area contributed by atoms with Crippen LogP contribution in [0, 0.1) is 5.92 Å². The molecule has 2 N–H and O–H groups in total. The van der Waals surface area contributed by atoms with E-state index < -0.39 is 27.7 Å². The lowest BCUT2D eigenvalue weighted by molar-refractivity contribution is -0.137. The summed E-state index contributed by atoms with van der Waals surface area (Å²) in [5, 5.41) is 8.65. The molecule has 1 aromatic heterocycles. The van der Waals surface area contributed by atoms with Crippen molar-refractivity contribution >= 4 is 21.7 Å². The van der Waals surface area contributed by atoms with Gasteiger partial charge in [0.1, 0.15) is 12.4 Å². The van der Waals surface area contributed by atoms with E-state index in [2.05, 4.69) is 4.72 Å². The number of furan rings is 1. The van der Waals surface area contributed by atoms with Crippen LogP contribution in [0.5, 0.6) is 5.75 Å². The van der Waals surface area contributed by atoms with Crippen LogP contribution in [-0.2, 0) is 29.2 Å². The first-order chi connectivity index (χ1) is 15.9. The molecule has 7 nitrogen and oxygen atoms in total. The van der Waals surface area contributed by atoms with E-state index >= 15 is 0 Å². The van der Waals surface area contributed by atoms with Gasteiger partial charge in [-0.2, -0.15) is 21.6 Å². The number of carboxylic acid groups (broad SMARTS) is 1. The molecule has 0 saturated heterocycles. The quantitative estimate of drug-likeness (QED) is 0.400. The molecule has 0 aliphatic carbocycles. The van der Waals surface area contributed by atoms with Gasteiger partial charge in [-0.3, -0.25) is 4.72 Å². The summed E-state index contributed by atoms with van der Waals surface area (Å²) in [7, 11) is -4.26. The van der Waals surface area contributed by atoms with E-state index in [9.17, 15) is 26.4 Å². The zero-order valence-electron chi connectivity index (χ0n) is 18.2. The van der Waals surface area contributed by atoms with Crippen molar-refractivity contribution in [2.75, 3.05) is 4.72 Å². The van der Waals surface area contributed by atoms with E-state index in [-0.39, 0.29) is 34.6 Å². The number of nitrogens with one attached hydrogen (secondary N) is 1. The molecule has 0 aliphatic heterocycles. The fourth-order valence-corrected chi connectivity index (χ4v) is 4.38. The lowest BCUT2D eigenvalue weighted by Crippen LogP contribution is -2.16. The van der Waals surface area contributed by atoms with Crippen LogP contribution in [0.15, 0.2) is 64.3 Å². The Bertz CT molecular complexity index is 1260. The minimum absolute atomic E-state index is 0.0342.